The van der Waals surface area contributed by atoms with Crippen molar-refractivity contribution in [1.82, 2.24) is 10.2 Å². The van der Waals surface area contributed by atoms with Gasteiger partial charge >= 0.3 is 6.09 Å². The number of ether oxygens (including phenoxy) is 1. The number of alkyl carbamates (subject to hydrolysis) is 1. The number of carbonyl (C=O) groups is 2. The van der Waals surface area contributed by atoms with Crippen molar-refractivity contribution in [3.8, 4) is 11.1 Å². The third kappa shape index (κ3) is 4.88. The van der Waals surface area contributed by atoms with Gasteiger partial charge in [-0.1, -0.05) is 23.7 Å². The van der Waals surface area contributed by atoms with Gasteiger partial charge in [-0.25, -0.2) is 9.18 Å². The maximum atomic E-state index is 13.0. The number of halogens is 2. The molecule has 0 atom stereocenters. The Morgan fingerprint density at radius 3 is 2.56 bits per heavy atom. The molecule has 8 heteroatoms. The van der Waals surface area contributed by atoms with Crippen molar-refractivity contribution in [1.29, 1.82) is 0 Å². The number of alkyl halides is 1. The molecule has 168 valence electrons. The first kappa shape index (κ1) is 20.8. The maximum absolute atomic E-state index is 13.0. The van der Waals surface area contributed by atoms with Gasteiger partial charge in [0, 0.05) is 10.9 Å². The van der Waals surface area contributed by atoms with Gasteiger partial charge in [-0.15, -0.1) is 0 Å². The predicted octanol–water partition coefficient (Wildman–Crippen LogP) is 5.57. The lowest BCUT2D eigenvalue weighted by atomic mass is 10.0. The maximum Gasteiger partial charge on any atom is 0.408 e. The Hall–Kier alpha value is -3.06. The zero-order chi connectivity index (χ0) is 23.9. The Balaban J connectivity index is 1.54. The number of fused-ring (bicyclic) bond motifs is 1. The van der Waals surface area contributed by atoms with E-state index in [2.05, 4.69) is 5.32 Å². The second-order valence-electron chi connectivity index (χ2n) is 8.73. The van der Waals surface area contributed by atoms with E-state index < -0.39 is 17.9 Å². The summed E-state index contributed by atoms with van der Waals surface area (Å²) in [6, 6.07) is 10.6. The Bertz CT molecular complexity index is 1210. The van der Waals surface area contributed by atoms with E-state index in [0.717, 1.165) is 11.1 Å². The molecule has 1 aliphatic rings. The molecule has 3 aromatic rings. The fourth-order valence-electron chi connectivity index (χ4n) is 3.38. The van der Waals surface area contributed by atoms with Gasteiger partial charge in [-0.3, -0.25) is 4.79 Å². The minimum absolute atomic E-state index is 0.0128. The Morgan fingerprint density at radius 1 is 1.25 bits per heavy atom. The van der Waals surface area contributed by atoms with Gasteiger partial charge in [0.25, 0.3) is 5.91 Å². The summed E-state index contributed by atoms with van der Waals surface area (Å²) in [7, 11) is 0. The number of furan rings is 1. The molecule has 1 fully saturated rings. The van der Waals surface area contributed by atoms with Crippen LogP contribution in [0.4, 0.5) is 9.18 Å². The zero-order valence-electron chi connectivity index (χ0n) is 19.0. The van der Waals surface area contributed by atoms with E-state index in [1.807, 2.05) is 0 Å². The van der Waals surface area contributed by atoms with Crippen molar-refractivity contribution < 1.29 is 24.5 Å². The number of hydrogen-bond acceptors (Lipinski definition) is 4. The third-order valence-electron chi connectivity index (χ3n) is 4.92. The lowest BCUT2D eigenvalue weighted by molar-refractivity contribution is 0.0400. The highest BCUT2D eigenvalue weighted by Gasteiger charge is 2.30. The summed E-state index contributed by atoms with van der Waals surface area (Å²) in [5, 5.41) is 3.42. The van der Waals surface area contributed by atoms with Crippen molar-refractivity contribution in [3.63, 3.8) is 0 Å². The van der Waals surface area contributed by atoms with E-state index in [1.165, 1.54) is 4.90 Å². The van der Waals surface area contributed by atoms with Crippen molar-refractivity contribution in [2.45, 2.75) is 39.1 Å². The molecule has 0 radical (unpaired) electrons. The van der Waals surface area contributed by atoms with Crippen LogP contribution >= 0.6 is 11.6 Å². The summed E-state index contributed by atoms with van der Waals surface area (Å²) in [4.78, 5) is 25.7. The number of benzene rings is 2. The molecule has 2 heterocycles. The average Bonchev–Trinajstić information content (AvgIpc) is 3.05. The topological polar surface area (TPSA) is 71.8 Å². The predicted molar refractivity (Wildman–Crippen MR) is 121 cm³/mol. The highest BCUT2D eigenvalue weighted by molar-refractivity contribution is 6.35. The second kappa shape index (κ2) is 8.47. The molecule has 1 aromatic heterocycles. The van der Waals surface area contributed by atoms with Crippen molar-refractivity contribution in [3.05, 3.63) is 58.8 Å². The molecular weight excluding hydrogens is 435 g/mol. The summed E-state index contributed by atoms with van der Waals surface area (Å²) < 4.78 is 32.4. The molecule has 1 aliphatic heterocycles. The largest absolute Gasteiger partial charge is 0.458 e. The molecule has 0 spiro atoms. The van der Waals surface area contributed by atoms with E-state index in [-0.39, 0.29) is 37.3 Å². The molecule has 0 bridgehead atoms. The smallest absolute Gasteiger partial charge is 0.408 e. The lowest BCUT2D eigenvalue weighted by Crippen LogP contribution is -2.51. The van der Waals surface area contributed by atoms with Crippen LogP contribution in [-0.4, -0.2) is 41.8 Å². The first-order chi connectivity index (χ1) is 15.5. The minimum Gasteiger partial charge on any atom is -0.458 e. The Labute approximate surface area is 191 Å². The average molecular weight is 460 g/mol. The monoisotopic (exact) mass is 459 g/mol. The van der Waals surface area contributed by atoms with E-state index in [1.54, 1.807) is 57.2 Å². The summed E-state index contributed by atoms with van der Waals surface area (Å²) >= 11 is 6.43. The van der Waals surface area contributed by atoms with Crippen LogP contribution in [0.2, 0.25) is 5.02 Å². The summed E-state index contributed by atoms with van der Waals surface area (Å²) in [5.74, 6) is 0.0610. The number of carbonyl (C=O) groups excluding carboxylic acids is 2. The minimum atomic E-state index is -0.944. The highest BCUT2D eigenvalue weighted by Crippen LogP contribution is 2.33. The highest BCUT2D eigenvalue weighted by atomic mass is 35.5. The molecule has 2 aromatic carbocycles. The quantitative estimate of drug-likeness (QED) is 0.553. The normalized spacial score (nSPS) is 14.8. The molecule has 4 rings (SSSR count). The fourth-order valence-corrected chi connectivity index (χ4v) is 3.64. The first-order valence-corrected chi connectivity index (χ1v) is 10.6. The van der Waals surface area contributed by atoms with Gasteiger partial charge in [0.15, 0.2) is 5.58 Å². The Morgan fingerprint density at radius 2 is 1.94 bits per heavy atom. The zero-order valence-corrected chi connectivity index (χ0v) is 18.8. The molecule has 1 saturated heterocycles. The molecule has 0 saturated carbocycles. The number of nitrogens with zero attached hydrogens (tertiary/aromatic N) is 1. The number of nitrogens with one attached hydrogen (secondary N) is 1. The molecule has 0 aliphatic carbocycles. The molecule has 0 unspecified atom stereocenters. The van der Waals surface area contributed by atoms with Crippen LogP contribution in [-0.2, 0) is 11.3 Å². The standard InChI is InChI=1S/C24H24ClFN2O4/c1-24(2,3)32-23(30)27-11-19-9-17-8-16(10-20(25)21(17)31-19)14-4-6-15(7-5-14)22(29)28-12-18(26)13-28/h4-10,18H,11-13H2,1-3H3,(H,27,30)/i9D. The van der Waals surface area contributed by atoms with Gasteiger partial charge in [-0.05, 0) is 62.2 Å². The van der Waals surface area contributed by atoms with Gasteiger partial charge in [0.1, 0.15) is 17.5 Å². The molecule has 6 nitrogen and oxygen atoms in total. The number of amides is 2. The lowest BCUT2D eigenvalue weighted by Gasteiger charge is -2.34. The number of hydrogen-bond donors (Lipinski definition) is 1. The van der Waals surface area contributed by atoms with Crippen LogP contribution in [0.3, 0.4) is 0 Å². The van der Waals surface area contributed by atoms with Crippen molar-refractivity contribution in [2.75, 3.05) is 13.1 Å². The second-order valence-corrected chi connectivity index (χ2v) is 9.13. The van der Waals surface area contributed by atoms with Crippen molar-refractivity contribution >= 4 is 34.6 Å². The Kier molecular flexibility index (Phi) is 5.51. The summed E-state index contributed by atoms with van der Waals surface area (Å²) in [5.41, 5.74) is 1.76. The summed E-state index contributed by atoms with van der Waals surface area (Å²) in [6.07, 6.45) is -1.55. The van der Waals surface area contributed by atoms with Crippen LogP contribution in [0.25, 0.3) is 22.1 Å². The van der Waals surface area contributed by atoms with Crippen LogP contribution < -0.4 is 5.32 Å². The van der Waals surface area contributed by atoms with Crippen LogP contribution in [0.1, 0.15) is 38.3 Å². The van der Waals surface area contributed by atoms with E-state index >= 15 is 0 Å². The summed E-state index contributed by atoms with van der Waals surface area (Å²) in [6.45, 7) is 5.53. The van der Waals surface area contributed by atoms with E-state index in [0.29, 0.717) is 21.6 Å². The van der Waals surface area contributed by atoms with Crippen LogP contribution in [0, 0.1) is 0 Å². The van der Waals surface area contributed by atoms with E-state index in [9.17, 15) is 14.0 Å². The molecule has 1 N–H and O–H groups in total. The molecule has 32 heavy (non-hydrogen) atoms. The van der Waals surface area contributed by atoms with Gasteiger partial charge in [0.2, 0.25) is 0 Å². The van der Waals surface area contributed by atoms with Crippen LogP contribution in [0.5, 0.6) is 0 Å². The van der Waals surface area contributed by atoms with Crippen LogP contribution in [0.15, 0.2) is 46.9 Å². The molecule has 2 amide bonds. The molecular formula is C24H24ClFN2O4. The third-order valence-corrected chi connectivity index (χ3v) is 5.21. The van der Waals surface area contributed by atoms with Gasteiger partial charge < -0.3 is 19.4 Å². The number of likely N-dealkylation sites (tertiary alicyclic amines) is 1. The number of rotatable bonds is 4. The SMILES string of the molecule is [2H]c1c(CNC(=O)OC(C)(C)C)oc2c(Cl)cc(-c3ccc(C(=O)N4CC(F)C4)cc3)cc12. The van der Waals surface area contributed by atoms with E-state index in [4.69, 9.17) is 22.1 Å². The fraction of sp³-hybridized carbons (Fsp3) is 0.333. The van der Waals surface area contributed by atoms with Gasteiger partial charge in [0.05, 0.1) is 26.0 Å². The first-order valence-electron chi connectivity index (χ1n) is 10.7. The van der Waals surface area contributed by atoms with Gasteiger partial charge in [-0.2, -0.15) is 0 Å². The van der Waals surface area contributed by atoms with Crippen molar-refractivity contribution in [2.24, 2.45) is 0 Å².